The lowest BCUT2D eigenvalue weighted by molar-refractivity contribution is -0.0585. The van der Waals surface area contributed by atoms with Gasteiger partial charge in [0.25, 0.3) is 5.91 Å². The second-order valence-corrected chi connectivity index (χ2v) is 7.81. The van der Waals surface area contributed by atoms with Gasteiger partial charge in [0.15, 0.2) is 0 Å². The minimum Gasteiger partial charge on any atom is -0.337 e. The quantitative estimate of drug-likeness (QED) is 0.875. The third-order valence-corrected chi connectivity index (χ3v) is 5.53. The number of benzene rings is 1. The van der Waals surface area contributed by atoms with Crippen molar-refractivity contribution >= 4 is 11.9 Å². The van der Waals surface area contributed by atoms with Crippen LogP contribution in [0, 0.1) is 12.3 Å². The molecule has 3 amide bonds. The van der Waals surface area contributed by atoms with Crippen LogP contribution in [0.1, 0.15) is 34.3 Å². The third-order valence-electron chi connectivity index (χ3n) is 5.53. The summed E-state index contributed by atoms with van der Waals surface area (Å²) in [7, 11) is 0. The van der Waals surface area contributed by atoms with Crippen molar-refractivity contribution < 1.29 is 9.59 Å². The molecule has 1 spiro atoms. The first kappa shape index (κ1) is 17.5. The van der Waals surface area contributed by atoms with E-state index >= 15 is 0 Å². The zero-order valence-electron chi connectivity index (χ0n) is 15.4. The monoisotopic (exact) mass is 364 g/mol. The van der Waals surface area contributed by atoms with Crippen LogP contribution >= 0.6 is 0 Å². The Bertz CT molecular complexity index is 821. The molecule has 1 aliphatic heterocycles. The van der Waals surface area contributed by atoms with E-state index in [1.807, 2.05) is 48.2 Å². The van der Waals surface area contributed by atoms with Crippen LogP contribution in [0.25, 0.3) is 0 Å². The van der Waals surface area contributed by atoms with Crippen LogP contribution in [-0.4, -0.2) is 41.0 Å². The van der Waals surface area contributed by atoms with Gasteiger partial charge >= 0.3 is 6.03 Å². The molecule has 0 atom stereocenters. The van der Waals surface area contributed by atoms with Crippen molar-refractivity contribution in [2.45, 2.75) is 32.4 Å². The van der Waals surface area contributed by atoms with Crippen LogP contribution in [0.4, 0.5) is 4.79 Å². The first-order valence-corrected chi connectivity index (χ1v) is 9.32. The number of carbonyl (C=O) groups is 2. The molecule has 0 radical (unpaired) electrons. The molecule has 1 saturated carbocycles. The van der Waals surface area contributed by atoms with Gasteiger partial charge in [0, 0.05) is 49.0 Å². The molecular weight excluding hydrogens is 340 g/mol. The van der Waals surface area contributed by atoms with E-state index in [1.165, 1.54) is 0 Å². The SMILES string of the molecule is Cc1ccc(C(=O)N2CC3(CC(NC(=O)NCc4ccncc4)C3)C2)cc1. The maximum absolute atomic E-state index is 12.5. The molecule has 1 saturated heterocycles. The number of amides is 3. The standard InChI is InChI=1S/C21H24N4O2/c1-15-2-4-17(5-3-15)19(26)25-13-21(14-25)10-18(11-21)24-20(27)23-12-16-6-8-22-9-7-16/h2-9,18H,10-14H2,1H3,(H2,23,24,27). The van der Waals surface area contributed by atoms with Crippen molar-refractivity contribution in [3.05, 3.63) is 65.5 Å². The van der Waals surface area contributed by atoms with E-state index in [1.54, 1.807) is 12.4 Å². The van der Waals surface area contributed by atoms with Crippen molar-refractivity contribution in [2.75, 3.05) is 13.1 Å². The molecule has 6 heteroatoms. The second-order valence-electron chi connectivity index (χ2n) is 7.81. The summed E-state index contributed by atoms with van der Waals surface area (Å²) in [5, 5.41) is 5.89. The van der Waals surface area contributed by atoms with E-state index in [9.17, 15) is 9.59 Å². The van der Waals surface area contributed by atoms with Gasteiger partial charge < -0.3 is 15.5 Å². The molecule has 1 aliphatic carbocycles. The molecule has 2 fully saturated rings. The molecule has 2 N–H and O–H groups in total. The van der Waals surface area contributed by atoms with Crippen molar-refractivity contribution in [1.29, 1.82) is 0 Å². The van der Waals surface area contributed by atoms with Crippen molar-refractivity contribution in [3.63, 3.8) is 0 Å². The normalized spacial score (nSPS) is 17.7. The van der Waals surface area contributed by atoms with Gasteiger partial charge in [-0.25, -0.2) is 4.79 Å². The van der Waals surface area contributed by atoms with E-state index in [0.717, 1.165) is 42.6 Å². The number of pyridine rings is 1. The lowest BCUT2D eigenvalue weighted by Crippen LogP contribution is -2.67. The van der Waals surface area contributed by atoms with Crippen LogP contribution in [0.2, 0.25) is 0 Å². The highest BCUT2D eigenvalue weighted by Crippen LogP contribution is 2.48. The molecule has 4 rings (SSSR count). The van der Waals surface area contributed by atoms with Crippen molar-refractivity contribution in [2.24, 2.45) is 5.41 Å². The summed E-state index contributed by atoms with van der Waals surface area (Å²) in [5.74, 6) is 0.104. The number of carbonyl (C=O) groups excluding carboxylic acids is 2. The molecular formula is C21H24N4O2. The van der Waals surface area contributed by atoms with Gasteiger partial charge in [-0.05, 0) is 49.6 Å². The van der Waals surface area contributed by atoms with Crippen LogP contribution in [0.3, 0.4) is 0 Å². The Balaban J connectivity index is 1.18. The largest absolute Gasteiger partial charge is 0.337 e. The predicted octanol–water partition coefficient (Wildman–Crippen LogP) is 2.49. The van der Waals surface area contributed by atoms with Gasteiger partial charge in [0.05, 0.1) is 0 Å². The number of likely N-dealkylation sites (tertiary alicyclic amines) is 1. The number of aryl methyl sites for hydroxylation is 1. The van der Waals surface area contributed by atoms with Gasteiger partial charge in [-0.3, -0.25) is 9.78 Å². The smallest absolute Gasteiger partial charge is 0.315 e. The summed E-state index contributed by atoms with van der Waals surface area (Å²) >= 11 is 0. The number of urea groups is 1. The molecule has 2 heterocycles. The number of nitrogens with zero attached hydrogens (tertiary/aromatic N) is 2. The van der Waals surface area contributed by atoms with Gasteiger partial charge in [0.2, 0.25) is 0 Å². The summed E-state index contributed by atoms with van der Waals surface area (Å²) in [6.07, 6.45) is 5.30. The first-order valence-electron chi connectivity index (χ1n) is 9.32. The van der Waals surface area contributed by atoms with Crippen LogP contribution < -0.4 is 10.6 Å². The average Bonchev–Trinajstić information content (AvgIpc) is 2.62. The molecule has 2 aliphatic rings. The Morgan fingerprint density at radius 2 is 1.78 bits per heavy atom. The summed E-state index contributed by atoms with van der Waals surface area (Å²) in [4.78, 5) is 30.4. The van der Waals surface area contributed by atoms with E-state index in [2.05, 4.69) is 15.6 Å². The van der Waals surface area contributed by atoms with Gasteiger partial charge in [-0.2, -0.15) is 0 Å². The van der Waals surface area contributed by atoms with E-state index in [0.29, 0.717) is 6.54 Å². The van der Waals surface area contributed by atoms with Crippen LogP contribution in [0.5, 0.6) is 0 Å². The fourth-order valence-electron chi connectivity index (χ4n) is 4.05. The minimum atomic E-state index is -0.140. The molecule has 1 aromatic heterocycles. The van der Waals surface area contributed by atoms with Crippen LogP contribution in [-0.2, 0) is 6.54 Å². The Labute approximate surface area is 159 Å². The second kappa shape index (κ2) is 7.02. The lowest BCUT2D eigenvalue weighted by atomic mass is 9.60. The number of nitrogens with one attached hydrogen (secondary N) is 2. The molecule has 1 aromatic carbocycles. The Morgan fingerprint density at radius 1 is 1.11 bits per heavy atom. The maximum Gasteiger partial charge on any atom is 0.315 e. The number of rotatable bonds is 4. The number of hydrogen-bond acceptors (Lipinski definition) is 3. The van der Waals surface area contributed by atoms with Gasteiger partial charge in [0.1, 0.15) is 0 Å². The summed E-state index contributed by atoms with van der Waals surface area (Å²) < 4.78 is 0. The third kappa shape index (κ3) is 3.79. The predicted molar refractivity (Wildman–Crippen MR) is 102 cm³/mol. The van der Waals surface area contributed by atoms with E-state index in [4.69, 9.17) is 0 Å². The number of aromatic nitrogens is 1. The highest BCUT2D eigenvalue weighted by Gasteiger charge is 2.54. The fraction of sp³-hybridized carbons (Fsp3) is 0.381. The molecule has 0 bridgehead atoms. The Kier molecular flexibility index (Phi) is 4.56. The Morgan fingerprint density at radius 3 is 2.44 bits per heavy atom. The van der Waals surface area contributed by atoms with Gasteiger partial charge in [-0.1, -0.05) is 17.7 Å². The summed E-state index contributed by atoms with van der Waals surface area (Å²) in [6.45, 7) is 4.08. The highest BCUT2D eigenvalue weighted by atomic mass is 16.2. The minimum absolute atomic E-state index is 0.104. The topological polar surface area (TPSA) is 74.3 Å². The first-order chi connectivity index (χ1) is 13.0. The Hall–Kier alpha value is -2.89. The van der Waals surface area contributed by atoms with Crippen LogP contribution in [0.15, 0.2) is 48.8 Å². The molecule has 0 unspecified atom stereocenters. The zero-order chi connectivity index (χ0) is 18.9. The zero-order valence-corrected chi connectivity index (χ0v) is 15.4. The molecule has 140 valence electrons. The van der Waals surface area contributed by atoms with E-state index < -0.39 is 0 Å². The molecule has 27 heavy (non-hydrogen) atoms. The summed E-state index contributed by atoms with van der Waals surface area (Å²) in [6, 6.07) is 11.5. The maximum atomic E-state index is 12.5. The van der Waals surface area contributed by atoms with Gasteiger partial charge in [-0.15, -0.1) is 0 Å². The number of hydrogen-bond donors (Lipinski definition) is 2. The van der Waals surface area contributed by atoms with Crippen molar-refractivity contribution in [3.8, 4) is 0 Å². The van der Waals surface area contributed by atoms with Crippen molar-refractivity contribution in [1.82, 2.24) is 20.5 Å². The summed E-state index contributed by atoms with van der Waals surface area (Å²) in [5.41, 5.74) is 3.12. The average molecular weight is 364 g/mol. The van der Waals surface area contributed by atoms with E-state index in [-0.39, 0.29) is 23.4 Å². The molecule has 2 aromatic rings. The molecule has 6 nitrogen and oxygen atoms in total. The highest BCUT2D eigenvalue weighted by molar-refractivity contribution is 5.95. The lowest BCUT2D eigenvalue weighted by Gasteiger charge is -2.59. The fourth-order valence-corrected chi connectivity index (χ4v) is 4.05.